The molecule has 0 atom stereocenters. The number of benzene rings is 1. The first-order valence-corrected chi connectivity index (χ1v) is 6.45. The maximum Gasteiger partial charge on any atom is 0.269 e. The molecule has 0 saturated carbocycles. The van der Waals surface area contributed by atoms with Crippen LogP contribution in [0, 0.1) is 19.3 Å². The first kappa shape index (κ1) is 14.2. The molecule has 2 aromatic rings. The van der Waals surface area contributed by atoms with E-state index in [0.29, 0.717) is 5.75 Å². The molecule has 102 valence electrons. The normalized spacial score (nSPS) is 10.1. The largest absolute Gasteiger partial charge is 0.481 e. The highest BCUT2D eigenvalue weighted by molar-refractivity contribution is 6.30. The van der Waals surface area contributed by atoms with Gasteiger partial charge in [-0.25, -0.2) is 0 Å². The highest BCUT2D eigenvalue weighted by atomic mass is 35.5. The third-order valence-corrected chi connectivity index (χ3v) is 3.34. The van der Waals surface area contributed by atoms with Crippen molar-refractivity contribution in [1.29, 1.82) is 0 Å². The molecule has 0 saturated heterocycles. The summed E-state index contributed by atoms with van der Waals surface area (Å²) in [5.41, 5.74) is 2.54. The van der Waals surface area contributed by atoms with Gasteiger partial charge in [-0.3, -0.25) is 4.79 Å². The zero-order valence-electron chi connectivity index (χ0n) is 11.3. The number of terminal acetylenes is 1. The third-order valence-electron chi connectivity index (χ3n) is 3.05. The van der Waals surface area contributed by atoms with Crippen molar-refractivity contribution < 1.29 is 4.74 Å². The highest BCUT2D eigenvalue weighted by Gasteiger charge is 2.09. The molecule has 0 spiro atoms. The summed E-state index contributed by atoms with van der Waals surface area (Å²) in [6, 6.07) is 9.07. The predicted molar refractivity (Wildman–Crippen MR) is 81.2 cm³/mol. The molecule has 0 fully saturated rings. The van der Waals surface area contributed by atoms with Gasteiger partial charge in [0.25, 0.3) is 5.56 Å². The Hall–Kier alpha value is -2.18. The van der Waals surface area contributed by atoms with Crippen LogP contribution in [0.4, 0.5) is 0 Å². The second-order valence-corrected chi connectivity index (χ2v) is 4.81. The number of ether oxygens (including phenoxy) is 1. The molecule has 0 unspecified atom stereocenters. The Morgan fingerprint density at radius 2 is 2.10 bits per heavy atom. The summed E-state index contributed by atoms with van der Waals surface area (Å²) in [5, 5.41) is 0.211. The standard InChI is InChI=1S/C16H14ClNO2/c1-4-9-20-12-5-6-13(11(2)10-12)15-8-7-14(17)16(19)18(15)3/h1,5-8,10H,9H2,2-3H3. The van der Waals surface area contributed by atoms with Gasteiger partial charge in [0, 0.05) is 12.6 Å². The minimum Gasteiger partial charge on any atom is -0.481 e. The Morgan fingerprint density at radius 1 is 1.35 bits per heavy atom. The first-order chi connectivity index (χ1) is 9.54. The van der Waals surface area contributed by atoms with E-state index in [4.69, 9.17) is 22.8 Å². The summed E-state index contributed by atoms with van der Waals surface area (Å²) < 4.78 is 6.91. The molecule has 0 bridgehead atoms. The lowest BCUT2D eigenvalue weighted by molar-refractivity contribution is 0.370. The van der Waals surface area contributed by atoms with Gasteiger partial charge in [-0.1, -0.05) is 17.5 Å². The summed E-state index contributed by atoms with van der Waals surface area (Å²) in [7, 11) is 1.70. The Balaban J connectivity index is 2.47. The van der Waals surface area contributed by atoms with Gasteiger partial charge in [0.1, 0.15) is 17.4 Å². The fourth-order valence-electron chi connectivity index (χ4n) is 2.01. The van der Waals surface area contributed by atoms with Gasteiger partial charge in [0.05, 0.1) is 5.69 Å². The first-order valence-electron chi connectivity index (χ1n) is 6.07. The van der Waals surface area contributed by atoms with Crippen molar-refractivity contribution in [3.63, 3.8) is 0 Å². The zero-order chi connectivity index (χ0) is 14.7. The van der Waals surface area contributed by atoms with Crippen LogP contribution in [-0.2, 0) is 7.05 Å². The topological polar surface area (TPSA) is 31.2 Å². The van der Waals surface area contributed by atoms with E-state index in [1.54, 1.807) is 13.1 Å². The SMILES string of the molecule is C#CCOc1ccc(-c2ccc(Cl)c(=O)n2C)c(C)c1. The smallest absolute Gasteiger partial charge is 0.269 e. The van der Waals surface area contributed by atoms with Crippen molar-refractivity contribution in [2.24, 2.45) is 7.05 Å². The van der Waals surface area contributed by atoms with Gasteiger partial charge in [-0.2, -0.15) is 0 Å². The highest BCUT2D eigenvalue weighted by Crippen LogP contribution is 2.26. The molecule has 3 nitrogen and oxygen atoms in total. The number of aromatic nitrogens is 1. The van der Waals surface area contributed by atoms with Crippen molar-refractivity contribution in [2.45, 2.75) is 6.92 Å². The second kappa shape index (κ2) is 5.85. The lowest BCUT2D eigenvalue weighted by Gasteiger charge is -2.12. The molecule has 0 N–H and O–H groups in total. The molecule has 0 amide bonds. The lowest BCUT2D eigenvalue weighted by atomic mass is 10.0. The summed E-state index contributed by atoms with van der Waals surface area (Å²) >= 11 is 5.82. The van der Waals surface area contributed by atoms with E-state index < -0.39 is 0 Å². The number of nitrogens with zero attached hydrogens (tertiary/aromatic N) is 1. The maximum atomic E-state index is 11.9. The second-order valence-electron chi connectivity index (χ2n) is 4.40. The lowest BCUT2D eigenvalue weighted by Crippen LogP contribution is -2.18. The van der Waals surface area contributed by atoms with Crippen LogP contribution in [-0.4, -0.2) is 11.2 Å². The molecule has 1 heterocycles. The quantitative estimate of drug-likeness (QED) is 0.813. The third kappa shape index (κ3) is 2.71. The van der Waals surface area contributed by atoms with E-state index in [1.165, 1.54) is 4.57 Å². The van der Waals surface area contributed by atoms with E-state index in [1.807, 2.05) is 31.2 Å². The average molecular weight is 288 g/mol. The number of pyridine rings is 1. The van der Waals surface area contributed by atoms with Crippen LogP contribution in [0.15, 0.2) is 35.1 Å². The molecule has 0 aliphatic carbocycles. The van der Waals surface area contributed by atoms with Crippen LogP contribution in [0.2, 0.25) is 5.02 Å². The van der Waals surface area contributed by atoms with Crippen molar-refractivity contribution in [2.75, 3.05) is 6.61 Å². The van der Waals surface area contributed by atoms with Crippen LogP contribution in [0.3, 0.4) is 0 Å². The maximum absolute atomic E-state index is 11.9. The predicted octanol–water partition coefficient (Wildman–Crippen LogP) is 3.03. The van der Waals surface area contributed by atoms with Gasteiger partial charge in [-0.15, -0.1) is 6.42 Å². The van der Waals surface area contributed by atoms with Crippen molar-refractivity contribution in [1.82, 2.24) is 4.57 Å². The van der Waals surface area contributed by atoms with Crippen LogP contribution in [0.25, 0.3) is 11.3 Å². The minimum atomic E-state index is -0.212. The molecular formula is C16H14ClNO2. The van der Waals surface area contributed by atoms with Gasteiger partial charge in [0.2, 0.25) is 0 Å². The fraction of sp³-hybridized carbons (Fsp3) is 0.188. The van der Waals surface area contributed by atoms with E-state index in [9.17, 15) is 4.79 Å². The molecule has 0 aliphatic heterocycles. The monoisotopic (exact) mass is 287 g/mol. The molecule has 4 heteroatoms. The molecule has 2 rings (SSSR count). The summed E-state index contributed by atoms with van der Waals surface area (Å²) in [5.74, 6) is 3.13. The van der Waals surface area contributed by atoms with Gasteiger partial charge >= 0.3 is 0 Å². The van der Waals surface area contributed by atoms with Crippen molar-refractivity contribution >= 4 is 11.6 Å². The molecule has 20 heavy (non-hydrogen) atoms. The molecule has 0 radical (unpaired) electrons. The number of hydrogen-bond acceptors (Lipinski definition) is 2. The number of halogens is 1. The zero-order valence-corrected chi connectivity index (χ0v) is 12.1. The molecule has 1 aromatic carbocycles. The molecule has 0 aliphatic rings. The Labute approximate surface area is 122 Å². The summed E-state index contributed by atoms with van der Waals surface area (Å²) in [4.78, 5) is 11.9. The van der Waals surface area contributed by atoms with E-state index in [2.05, 4.69) is 5.92 Å². The van der Waals surface area contributed by atoms with Gasteiger partial charge < -0.3 is 9.30 Å². The molecular weight excluding hydrogens is 274 g/mol. The van der Waals surface area contributed by atoms with Crippen LogP contribution >= 0.6 is 11.6 Å². The van der Waals surface area contributed by atoms with E-state index in [0.717, 1.165) is 16.8 Å². The summed E-state index contributed by atoms with van der Waals surface area (Å²) in [6.45, 7) is 2.19. The summed E-state index contributed by atoms with van der Waals surface area (Å²) in [6.07, 6.45) is 5.16. The van der Waals surface area contributed by atoms with E-state index in [-0.39, 0.29) is 17.2 Å². The van der Waals surface area contributed by atoms with Crippen LogP contribution in [0.5, 0.6) is 5.75 Å². The Bertz CT molecular complexity index is 741. The number of aryl methyl sites for hydroxylation is 1. The van der Waals surface area contributed by atoms with Crippen LogP contribution in [0.1, 0.15) is 5.56 Å². The van der Waals surface area contributed by atoms with E-state index >= 15 is 0 Å². The Kier molecular flexibility index (Phi) is 4.16. The minimum absolute atomic E-state index is 0.211. The fourth-order valence-corrected chi connectivity index (χ4v) is 2.20. The molecule has 1 aromatic heterocycles. The number of rotatable bonds is 3. The van der Waals surface area contributed by atoms with Crippen molar-refractivity contribution in [3.05, 3.63) is 51.3 Å². The van der Waals surface area contributed by atoms with Gasteiger partial charge in [-0.05, 0) is 42.8 Å². The van der Waals surface area contributed by atoms with Gasteiger partial charge in [0.15, 0.2) is 0 Å². The number of hydrogen-bond donors (Lipinski definition) is 0. The average Bonchev–Trinajstić information content (AvgIpc) is 2.44. The van der Waals surface area contributed by atoms with Crippen LogP contribution < -0.4 is 10.3 Å². The van der Waals surface area contributed by atoms with Crippen molar-refractivity contribution in [3.8, 4) is 29.4 Å². The Morgan fingerprint density at radius 3 is 2.75 bits per heavy atom.